The molecule has 2 aliphatic heterocycles. The Labute approximate surface area is 198 Å². The number of aromatic nitrogens is 2. The van der Waals surface area contributed by atoms with Gasteiger partial charge in [0.1, 0.15) is 5.82 Å². The number of rotatable bonds is 4. The second kappa shape index (κ2) is 8.69. The number of imidazole rings is 1. The Hall–Kier alpha value is -3.50. The van der Waals surface area contributed by atoms with Gasteiger partial charge in [0.15, 0.2) is 5.67 Å². The van der Waals surface area contributed by atoms with E-state index in [2.05, 4.69) is 16.0 Å². The first-order valence-electron chi connectivity index (χ1n) is 11.6. The van der Waals surface area contributed by atoms with Gasteiger partial charge in [0.05, 0.1) is 36.2 Å². The van der Waals surface area contributed by atoms with Crippen LogP contribution < -0.4 is 0 Å². The number of nitrogens with one attached hydrogen (secondary N) is 1. The van der Waals surface area contributed by atoms with E-state index >= 15 is 4.39 Å². The smallest absolute Gasteiger partial charge is 0.253 e. The van der Waals surface area contributed by atoms with Crippen LogP contribution in [0.5, 0.6) is 0 Å². The molecular formula is C27H27FN4O2. The molecule has 2 fully saturated rings. The summed E-state index contributed by atoms with van der Waals surface area (Å²) < 4.78 is 20.8. The molecule has 3 aromatic rings. The molecule has 6 nitrogen and oxygen atoms in total. The van der Waals surface area contributed by atoms with Gasteiger partial charge >= 0.3 is 0 Å². The number of likely N-dealkylation sites (tertiary alicyclic amines) is 1. The summed E-state index contributed by atoms with van der Waals surface area (Å²) in [5.41, 5.74) is 4.20. The maximum absolute atomic E-state index is 15.4. The van der Waals surface area contributed by atoms with Crippen molar-refractivity contribution in [3.05, 3.63) is 76.2 Å². The Morgan fingerprint density at radius 2 is 1.88 bits per heavy atom. The lowest BCUT2D eigenvalue weighted by Gasteiger charge is -2.39. The van der Waals surface area contributed by atoms with E-state index < -0.39 is 5.67 Å². The van der Waals surface area contributed by atoms with Gasteiger partial charge < -0.3 is 14.6 Å². The third-order valence-electron chi connectivity index (χ3n) is 7.03. The molecule has 0 unspecified atom stereocenters. The van der Waals surface area contributed by atoms with Gasteiger partial charge in [-0.2, -0.15) is 5.26 Å². The summed E-state index contributed by atoms with van der Waals surface area (Å²) >= 11 is 0. The predicted molar refractivity (Wildman–Crippen MR) is 126 cm³/mol. The highest BCUT2D eigenvalue weighted by molar-refractivity contribution is 5.96. The van der Waals surface area contributed by atoms with E-state index in [1.54, 1.807) is 0 Å². The number of carbonyl (C=O) groups excluding carboxylic acids is 1. The molecule has 7 heteroatoms. The lowest BCUT2D eigenvalue weighted by Crippen LogP contribution is -2.48. The summed E-state index contributed by atoms with van der Waals surface area (Å²) in [6.07, 6.45) is 0.568. The first kappa shape index (κ1) is 22.3. The van der Waals surface area contributed by atoms with Crippen LogP contribution in [0.2, 0.25) is 0 Å². The zero-order valence-electron chi connectivity index (χ0n) is 19.4. The molecule has 2 aliphatic rings. The van der Waals surface area contributed by atoms with Gasteiger partial charge in [0.2, 0.25) is 0 Å². The van der Waals surface area contributed by atoms with Crippen LogP contribution in [-0.4, -0.2) is 47.1 Å². The summed E-state index contributed by atoms with van der Waals surface area (Å²) in [6.45, 7) is 5.90. The minimum absolute atomic E-state index is 0.0186. The number of ether oxygens (including phenoxy) is 1. The lowest BCUT2D eigenvalue weighted by atomic mass is 9.90. The van der Waals surface area contributed by atoms with Crippen LogP contribution in [-0.2, 0) is 10.4 Å². The van der Waals surface area contributed by atoms with Crippen molar-refractivity contribution in [1.29, 1.82) is 5.26 Å². The fourth-order valence-corrected chi connectivity index (χ4v) is 4.76. The van der Waals surface area contributed by atoms with Gasteiger partial charge in [-0.15, -0.1) is 0 Å². The second-order valence-corrected chi connectivity index (χ2v) is 9.29. The Balaban J connectivity index is 1.34. The van der Waals surface area contributed by atoms with Gasteiger partial charge in [-0.05, 0) is 49.2 Å². The van der Waals surface area contributed by atoms with Gasteiger partial charge in [-0.1, -0.05) is 18.2 Å². The molecule has 2 saturated heterocycles. The second-order valence-electron chi connectivity index (χ2n) is 9.29. The van der Waals surface area contributed by atoms with Gasteiger partial charge in [-0.25, -0.2) is 9.37 Å². The number of nitriles is 1. The number of benzene rings is 2. The van der Waals surface area contributed by atoms with Crippen molar-refractivity contribution in [2.24, 2.45) is 0 Å². The van der Waals surface area contributed by atoms with Crippen LogP contribution >= 0.6 is 0 Å². The van der Waals surface area contributed by atoms with E-state index in [0.717, 1.165) is 28.1 Å². The van der Waals surface area contributed by atoms with E-state index in [9.17, 15) is 4.79 Å². The highest BCUT2D eigenvalue weighted by Crippen LogP contribution is 2.37. The van der Waals surface area contributed by atoms with Gasteiger partial charge in [0.25, 0.3) is 5.91 Å². The summed E-state index contributed by atoms with van der Waals surface area (Å²) in [7, 11) is 0. The molecule has 0 spiro atoms. The maximum Gasteiger partial charge on any atom is 0.253 e. The molecule has 174 valence electrons. The minimum atomic E-state index is -1.51. The molecule has 1 N–H and O–H groups in total. The standard InChI is InChI=1S/C27H27FN4O2/c1-17-3-6-21(25(33)32-15-22(16-32)20-7-4-19(14-29)5-8-20)13-23(17)24-18(2)30-26(31-24)27(28)9-11-34-12-10-27/h3-8,13,22H,9-12,15-16H2,1-2H3,(H,30,31). The van der Waals surface area contributed by atoms with Crippen molar-refractivity contribution in [2.75, 3.05) is 26.3 Å². The molecule has 2 aromatic carbocycles. The fraction of sp³-hybridized carbons (Fsp3) is 0.370. The number of nitrogens with zero attached hydrogens (tertiary/aromatic N) is 3. The number of hydrogen-bond donors (Lipinski definition) is 1. The van der Waals surface area contributed by atoms with Crippen molar-refractivity contribution in [1.82, 2.24) is 14.9 Å². The molecule has 1 aromatic heterocycles. The molecule has 1 amide bonds. The summed E-state index contributed by atoms with van der Waals surface area (Å²) in [5.74, 6) is 0.599. The third kappa shape index (κ3) is 3.99. The SMILES string of the molecule is Cc1ccc(C(=O)N2CC(c3ccc(C#N)cc3)C2)cc1-c1[nH]c(C2(F)CCOCC2)nc1C. The summed E-state index contributed by atoms with van der Waals surface area (Å²) in [6, 6.07) is 15.3. The number of aryl methyl sites for hydroxylation is 2. The third-order valence-corrected chi connectivity index (χ3v) is 7.03. The largest absolute Gasteiger partial charge is 0.381 e. The molecule has 0 bridgehead atoms. The van der Waals surface area contributed by atoms with E-state index in [4.69, 9.17) is 10.00 Å². The molecule has 34 heavy (non-hydrogen) atoms. The summed E-state index contributed by atoms with van der Waals surface area (Å²) in [5, 5.41) is 8.97. The highest BCUT2D eigenvalue weighted by Gasteiger charge is 2.38. The van der Waals surface area contributed by atoms with Gasteiger partial charge in [0, 0.05) is 43.0 Å². The number of carbonyl (C=O) groups is 1. The van der Waals surface area contributed by atoms with Crippen LogP contribution in [0.4, 0.5) is 4.39 Å². The van der Waals surface area contributed by atoms with Crippen LogP contribution in [0.15, 0.2) is 42.5 Å². The average Bonchev–Trinajstić information content (AvgIpc) is 3.21. The van der Waals surface area contributed by atoms with E-state index in [0.29, 0.717) is 43.3 Å². The number of amides is 1. The monoisotopic (exact) mass is 458 g/mol. The molecule has 5 rings (SSSR count). The van der Waals surface area contributed by atoms with Gasteiger partial charge in [-0.3, -0.25) is 4.79 Å². The molecule has 0 saturated carbocycles. The Morgan fingerprint density at radius 1 is 1.18 bits per heavy atom. The van der Waals surface area contributed by atoms with Crippen LogP contribution in [0.3, 0.4) is 0 Å². The number of alkyl halides is 1. The van der Waals surface area contributed by atoms with Crippen molar-refractivity contribution >= 4 is 5.91 Å². The first-order chi connectivity index (χ1) is 16.4. The van der Waals surface area contributed by atoms with Crippen molar-refractivity contribution in [3.8, 4) is 17.3 Å². The van der Waals surface area contributed by atoms with Crippen molar-refractivity contribution in [3.63, 3.8) is 0 Å². The van der Waals surface area contributed by atoms with Crippen LogP contribution in [0, 0.1) is 25.2 Å². The van der Waals surface area contributed by atoms with Crippen LogP contribution in [0.1, 0.15) is 57.3 Å². The minimum Gasteiger partial charge on any atom is -0.381 e. The number of halogens is 1. The number of aromatic amines is 1. The zero-order valence-corrected chi connectivity index (χ0v) is 19.4. The maximum atomic E-state index is 15.4. The van der Waals surface area contributed by atoms with Crippen molar-refractivity contribution in [2.45, 2.75) is 38.3 Å². The molecule has 3 heterocycles. The summed E-state index contributed by atoms with van der Waals surface area (Å²) in [4.78, 5) is 22.7. The molecular weight excluding hydrogens is 431 g/mol. The molecule has 0 radical (unpaired) electrons. The Kier molecular flexibility index (Phi) is 5.70. The first-order valence-corrected chi connectivity index (χ1v) is 11.6. The van der Waals surface area contributed by atoms with E-state index in [1.165, 1.54) is 0 Å². The van der Waals surface area contributed by atoms with Crippen LogP contribution in [0.25, 0.3) is 11.3 Å². The topological polar surface area (TPSA) is 82.0 Å². The average molecular weight is 459 g/mol. The normalized spacial score (nSPS) is 17.8. The highest BCUT2D eigenvalue weighted by atomic mass is 19.1. The zero-order chi connectivity index (χ0) is 23.9. The quantitative estimate of drug-likeness (QED) is 0.610. The lowest BCUT2D eigenvalue weighted by molar-refractivity contribution is -0.0159. The van der Waals surface area contributed by atoms with Crippen molar-refractivity contribution < 1.29 is 13.9 Å². The number of hydrogen-bond acceptors (Lipinski definition) is 4. The Bertz CT molecular complexity index is 1260. The Morgan fingerprint density at radius 3 is 2.56 bits per heavy atom. The molecule has 0 aliphatic carbocycles. The fourth-order valence-electron chi connectivity index (χ4n) is 4.76. The number of H-pyrrole nitrogens is 1. The van der Waals surface area contributed by atoms with E-state index in [-0.39, 0.29) is 24.7 Å². The molecule has 0 atom stereocenters. The predicted octanol–water partition coefficient (Wildman–Crippen LogP) is 4.78. The van der Waals surface area contributed by atoms with E-state index in [1.807, 2.05) is 61.2 Å².